The van der Waals surface area contributed by atoms with E-state index in [-0.39, 0.29) is 17.7 Å². The molecular weight excluding hydrogens is 414 g/mol. The van der Waals surface area contributed by atoms with Gasteiger partial charge in [-0.1, -0.05) is 19.3 Å². The predicted octanol–water partition coefficient (Wildman–Crippen LogP) is 4.06. The highest BCUT2D eigenvalue weighted by molar-refractivity contribution is 5.95. The number of piperidine rings is 1. The fourth-order valence-electron chi connectivity index (χ4n) is 5.65. The van der Waals surface area contributed by atoms with Crippen molar-refractivity contribution in [3.8, 4) is 0 Å². The molecule has 0 N–H and O–H groups in total. The lowest BCUT2D eigenvalue weighted by Gasteiger charge is -2.35. The first kappa shape index (κ1) is 22.0. The van der Waals surface area contributed by atoms with Gasteiger partial charge >= 0.3 is 0 Å². The Morgan fingerprint density at radius 2 is 1.94 bits per heavy atom. The largest absolute Gasteiger partial charge is 0.338 e. The molecule has 0 spiro atoms. The van der Waals surface area contributed by atoms with Gasteiger partial charge in [-0.3, -0.25) is 19.5 Å². The molecule has 2 aliphatic heterocycles. The first-order valence-electron chi connectivity index (χ1n) is 12.5. The molecule has 0 radical (unpaired) electrons. The Morgan fingerprint density at radius 3 is 2.73 bits per heavy atom. The van der Waals surface area contributed by atoms with E-state index in [4.69, 9.17) is 9.97 Å². The van der Waals surface area contributed by atoms with E-state index >= 15 is 0 Å². The topological polar surface area (TPSA) is 79.3 Å². The maximum absolute atomic E-state index is 13.0. The first-order chi connectivity index (χ1) is 16.1. The first-order valence-corrected chi connectivity index (χ1v) is 12.5. The number of hydrogen-bond acceptors (Lipinski definition) is 5. The molecule has 33 heavy (non-hydrogen) atoms. The molecule has 2 fully saturated rings. The highest BCUT2D eigenvalue weighted by Crippen LogP contribution is 2.34. The third kappa shape index (κ3) is 4.63. The molecule has 7 nitrogen and oxygen atoms in total. The fraction of sp³-hybridized carbons (Fsp3) is 0.577. The van der Waals surface area contributed by atoms with Crippen molar-refractivity contribution in [3.63, 3.8) is 0 Å². The van der Waals surface area contributed by atoms with E-state index < -0.39 is 0 Å². The minimum Gasteiger partial charge on any atom is -0.338 e. The van der Waals surface area contributed by atoms with Gasteiger partial charge in [-0.2, -0.15) is 0 Å². The lowest BCUT2D eigenvalue weighted by atomic mass is 9.88. The quantitative estimate of drug-likeness (QED) is 0.706. The Bertz CT molecular complexity index is 1020. The summed E-state index contributed by atoms with van der Waals surface area (Å²) in [5.74, 6) is 2.45. The number of aromatic nitrogens is 3. The van der Waals surface area contributed by atoms with Gasteiger partial charge in [0.1, 0.15) is 11.6 Å². The summed E-state index contributed by atoms with van der Waals surface area (Å²) < 4.78 is 0. The van der Waals surface area contributed by atoms with E-state index in [0.717, 1.165) is 55.3 Å². The summed E-state index contributed by atoms with van der Waals surface area (Å²) in [6.07, 6.45) is 12.7. The van der Waals surface area contributed by atoms with Gasteiger partial charge < -0.3 is 4.90 Å². The summed E-state index contributed by atoms with van der Waals surface area (Å²) in [4.78, 5) is 43.7. The minimum atomic E-state index is 0.0107. The van der Waals surface area contributed by atoms with Crippen molar-refractivity contribution in [2.45, 2.75) is 70.6 Å². The predicted molar refractivity (Wildman–Crippen MR) is 126 cm³/mol. The highest BCUT2D eigenvalue weighted by Gasteiger charge is 2.33. The zero-order valence-electron chi connectivity index (χ0n) is 19.5. The Balaban J connectivity index is 1.39. The molecule has 1 saturated heterocycles. The van der Waals surface area contributed by atoms with Crippen molar-refractivity contribution in [1.29, 1.82) is 0 Å². The SMILES string of the molecule is Cc1nc([C@H]2CCCN(C(=O)c3cccnc3)C2)nc2c1CCC(=O)N2CC1CCCCC1. The molecule has 3 aliphatic rings. The number of hydrogen-bond donors (Lipinski definition) is 0. The Morgan fingerprint density at radius 1 is 1.09 bits per heavy atom. The lowest BCUT2D eigenvalue weighted by Crippen LogP contribution is -2.42. The number of fused-ring (bicyclic) bond motifs is 1. The van der Waals surface area contributed by atoms with Gasteiger partial charge in [-0.05, 0) is 57.1 Å². The fourth-order valence-corrected chi connectivity index (χ4v) is 5.65. The number of carbonyl (C=O) groups is 2. The van der Waals surface area contributed by atoms with Crippen LogP contribution in [-0.2, 0) is 11.2 Å². The van der Waals surface area contributed by atoms with Gasteiger partial charge in [0.25, 0.3) is 5.91 Å². The molecule has 1 saturated carbocycles. The normalized spacial score (nSPS) is 21.7. The molecule has 0 bridgehead atoms. The molecule has 2 amide bonds. The molecule has 7 heteroatoms. The molecule has 0 aromatic carbocycles. The van der Waals surface area contributed by atoms with Gasteiger partial charge in [0, 0.05) is 55.6 Å². The third-order valence-corrected chi connectivity index (χ3v) is 7.50. The van der Waals surface area contributed by atoms with Crippen molar-refractivity contribution < 1.29 is 9.59 Å². The smallest absolute Gasteiger partial charge is 0.255 e. The number of carbonyl (C=O) groups excluding carboxylic acids is 2. The Labute approximate surface area is 195 Å². The van der Waals surface area contributed by atoms with Crippen molar-refractivity contribution >= 4 is 17.6 Å². The second-order valence-corrected chi connectivity index (χ2v) is 9.81. The summed E-state index contributed by atoms with van der Waals surface area (Å²) in [6, 6.07) is 3.61. The van der Waals surface area contributed by atoms with Crippen LogP contribution in [0.3, 0.4) is 0 Å². The molecule has 2 aromatic rings. The van der Waals surface area contributed by atoms with Crippen LogP contribution in [0.15, 0.2) is 24.5 Å². The number of aryl methyl sites for hydroxylation is 1. The Kier molecular flexibility index (Phi) is 6.38. The van der Waals surface area contributed by atoms with E-state index in [1.165, 1.54) is 32.1 Å². The summed E-state index contributed by atoms with van der Waals surface area (Å²) in [5, 5.41) is 0. The van der Waals surface area contributed by atoms with Gasteiger partial charge in [-0.15, -0.1) is 0 Å². The average Bonchev–Trinajstić information content (AvgIpc) is 2.86. The number of amides is 2. The molecule has 0 unspecified atom stereocenters. The Hall–Kier alpha value is -2.83. The summed E-state index contributed by atoms with van der Waals surface area (Å²) in [6.45, 7) is 4.15. The van der Waals surface area contributed by atoms with Crippen LogP contribution in [-0.4, -0.2) is 51.3 Å². The summed E-state index contributed by atoms with van der Waals surface area (Å²) >= 11 is 0. The number of pyridine rings is 1. The van der Waals surface area contributed by atoms with Gasteiger partial charge in [0.15, 0.2) is 0 Å². The van der Waals surface area contributed by atoms with Crippen LogP contribution in [0.1, 0.15) is 84.7 Å². The maximum Gasteiger partial charge on any atom is 0.255 e. The van der Waals surface area contributed by atoms with Crippen LogP contribution in [0, 0.1) is 12.8 Å². The molecule has 1 aliphatic carbocycles. The number of likely N-dealkylation sites (tertiary alicyclic amines) is 1. The van der Waals surface area contributed by atoms with Crippen LogP contribution in [0.25, 0.3) is 0 Å². The zero-order chi connectivity index (χ0) is 22.8. The van der Waals surface area contributed by atoms with Crippen molar-refractivity contribution in [1.82, 2.24) is 19.9 Å². The number of anilines is 1. The van der Waals surface area contributed by atoms with Crippen LogP contribution in [0.2, 0.25) is 0 Å². The lowest BCUT2D eigenvalue weighted by molar-refractivity contribution is -0.119. The molecular formula is C26H33N5O2. The second kappa shape index (κ2) is 9.57. The summed E-state index contributed by atoms with van der Waals surface area (Å²) in [5.41, 5.74) is 2.71. The molecule has 1 atom stereocenters. The standard InChI is InChI=1S/C26H33N5O2/c1-18-22-11-12-23(32)31(16-19-7-3-2-4-8-19)25(22)29-24(28-18)21-10-6-14-30(17-21)26(33)20-9-5-13-27-15-20/h5,9,13,15,19,21H,2-4,6-8,10-12,14,16-17H2,1H3/t21-/m0/s1. The zero-order valence-corrected chi connectivity index (χ0v) is 19.5. The molecule has 5 rings (SSSR count). The van der Waals surface area contributed by atoms with E-state index in [1.54, 1.807) is 18.5 Å². The number of rotatable bonds is 4. The van der Waals surface area contributed by atoms with Crippen molar-refractivity contribution in [3.05, 3.63) is 47.2 Å². The van der Waals surface area contributed by atoms with E-state index in [9.17, 15) is 9.59 Å². The van der Waals surface area contributed by atoms with Crippen LogP contribution < -0.4 is 4.90 Å². The van der Waals surface area contributed by atoms with Gasteiger partial charge in [0.2, 0.25) is 5.91 Å². The van der Waals surface area contributed by atoms with Gasteiger partial charge in [-0.25, -0.2) is 9.97 Å². The maximum atomic E-state index is 13.0. The molecule has 174 valence electrons. The number of nitrogens with zero attached hydrogens (tertiary/aromatic N) is 5. The van der Waals surface area contributed by atoms with E-state index in [1.807, 2.05) is 22.8 Å². The van der Waals surface area contributed by atoms with Crippen molar-refractivity contribution in [2.24, 2.45) is 5.92 Å². The van der Waals surface area contributed by atoms with E-state index in [2.05, 4.69) is 4.98 Å². The molecule has 4 heterocycles. The average molecular weight is 448 g/mol. The van der Waals surface area contributed by atoms with Gasteiger partial charge in [0.05, 0.1) is 5.56 Å². The van der Waals surface area contributed by atoms with E-state index in [0.29, 0.717) is 24.4 Å². The van der Waals surface area contributed by atoms with Crippen molar-refractivity contribution in [2.75, 3.05) is 24.5 Å². The monoisotopic (exact) mass is 447 g/mol. The highest BCUT2D eigenvalue weighted by atomic mass is 16.2. The molecule has 2 aromatic heterocycles. The van der Waals surface area contributed by atoms with Crippen LogP contribution in [0.5, 0.6) is 0 Å². The second-order valence-electron chi connectivity index (χ2n) is 9.81. The van der Waals surface area contributed by atoms with Crippen LogP contribution >= 0.6 is 0 Å². The third-order valence-electron chi connectivity index (χ3n) is 7.50. The van der Waals surface area contributed by atoms with Crippen LogP contribution in [0.4, 0.5) is 5.82 Å². The minimum absolute atomic E-state index is 0.0107. The summed E-state index contributed by atoms with van der Waals surface area (Å²) in [7, 11) is 0.